The van der Waals surface area contributed by atoms with Crippen LogP contribution in [0.2, 0.25) is 0 Å². The van der Waals surface area contributed by atoms with E-state index in [2.05, 4.69) is 20.4 Å². The van der Waals surface area contributed by atoms with E-state index in [9.17, 15) is 4.79 Å². The molecule has 8 heteroatoms. The molecule has 2 heterocycles. The van der Waals surface area contributed by atoms with Crippen LogP contribution in [0.25, 0.3) is 5.78 Å². The number of fused-ring (bicyclic) bond motifs is 1. The van der Waals surface area contributed by atoms with Gasteiger partial charge in [0, 0.05) is 25.0 Å². The predicted molar refractivity (Wildman–Crippen MR) is 89.3 cm³/mol. The Morgan fingerprint density at radius 2 is 2.17 bits per heavy atom. The standard InChI is InChI=1S/C15H22N6O.ClH/c16-10-12(11-5-2-1-3-6-11)18-14(22)9-13-19-15-17-7-4-8-21(15)20-13;/h4,7-8,11-12H,1-3,5-6,9-10,16H2,(H,18,22);1H. The molecule has 1 amide bonds. The number of nitrogens with two attached hydrogens (primary N) is 1. The van der Waals surface area contributed by atoms with Crippen LogP contribution < -0.4 is 11.1 Å². The molecule has 7 nitrogen and oxygen atoms in total. The number of halogens is 1. The van der Waals surface area contributed by atoms with E-state index >= 15 is 0 Å². The summed E-state index contributed by atoms with van der Waals surface area (Å²) in [7, 11) is 0. The van der Waals surface area contributed by atoms with Gasteiger partial charge in [0.05, 0.1) is 6.42 Å². The Hall–Kier alpha value is -1.73. The minimum absolute atomic E-state index is 0. The average molecular weight is 339 g/mol. The lowest BCUT2D eigenvalue weighted by molar-refractivity contribution is -0.121. The van der Waals surface area contributed by atoms with Crippen molar-refractivity contribution in [2.45, 2.75) is 44.6 Å². The van der Waals surface area contributed by atoms with Crippen LogP contribution in [0.3, 0.4) is 0 Å². The van der Waals surface area contributed by atoms with Gasteiger partial charge in [-0.05, 0) is 24.8 Å². The fourth-order valence-corrected chi connectivity index (χ4v) is 3.16. The molecular weight excluding hydrogens is 316 g/mol. The summed E-state index contributed by atoms with van der Waals surface area (Å²) in [6.45, 7) is 0.483. The highest BCUT2D eigenvalue weighted by atomic mass is 35.5. The summed E-state index contributed by atoms with van der Waals surface area (Å²) in [6, 6.07) is 1.84. The molecule has 0 bridgehead atoms. The second-order valence-corrected chi connectivity index (χ2v) is 5.88. The number of carbonyl (C=O) groups excluding carboxylic acids is 1. The van der Waals surface area contributed by atoms with Crippen LogP contribution in [0.15, 0.2) is 18.5 Å². The first-order valence-electron chi connectivity index (χ1n) is 7.92. The van der Waals surface area contributed by atoms with Crippen LogP contribution in [0.4, 0.5) is 0 Å². The van der Waals surface area contributed by atoms with Crippen molar-refractivity contribution in [3.05, 3.63) is 24.3 Å². The molecule has 3 rings (SSSR count). The summed E-state index contributed by atoms with van der Waals surface area (Å²) in [5.41, 5.74) is 5.85. The van der Waals surface area contributed by atoms with Crippen LogP contribution >= 0.6 is 12.4 Å². The van der Waals surface area contributed by atoms with E-state index in [-0.39, 0.29) is 30.8 Å². The minimum atomic E-state index is -0.0723. The highest BCUT2D eigenvalue weighted by molar-refractivity contribution is 5.85. The molecule has 126 valence electrons. The normalized spacial score (nSPS) is 16.7. The minimum Gasteiger partial charge on any atom is -0.351 e. The molecule has 3 N–H and O–H groups in total. The number of nitrogens with zero attached hydrogens (tertiary/aromatic N) is 4. The van der Waals surface area contributed by atoms with E-state index in [4.69, 9.17) is 5.73 Å². The molecule has 1 unspecified atom stereocenters. The second-order valence-electron chi connectivity index (χ2n) is 5.88. The van der Waals surface area contributed by atoms with Gasteiger partial charge in [-0.25, -0.2) is 9.50 Å². The summed E-state index contributed by atoms with van der Waals surface area (Å²) in [5, 5.41) is 7.30. The maximum Gasteiger partial charge on any atom is 0.252 e. The Labute approximate surface area is 141 Å². The lowest BCUT2D eigenvalue weighted by atomic mass is 9.84. The molecule has 1 aliphatic carbocycles. The number of rotatable bonds is 5. The van der Waals surface area contributed by atoms with Gasteiger partial charge in [-0.15, -0.1) is 17.5 Å². The fourth-order valence-electron chi connectivity index (χ4n) is 3.16. The molecule has 1 saturated carbocycles. The molecule has 0 radical (unpaired) electrons. The zero-order valence-corrected chi connectivity index (χ0v) is 13.8. The summed E-state index contributed by atoms with van der Waals surface area (Å²) in [5.74, 6) is 1.42. The topological polar surface area (TPSA) is 98.2 Å². The van der Waals surface area contributed by atoms with E-state index in [0.717, 1.165) is 12.8 Å². The first-order chi connectivity index (χ1) is 10.8. The molecule has 0 aromatic carbocycles. The highest BCUT2D eigenvalue weighted by Crippen LogP contribution is 2.26. The number of carbonyl (C=O) groups is 1. The summed E-state index contributed by atoms with van der Waals surface area (Å²) in [4.78, 5) is 20.6. The Kier molecular flexibility index (Phi) is 6.29. The summed E-state index contributed by atoms with van der Waals surface area (Å²) >= 11 is 0. The maximum absolute atomic E-state index is 12.2. The van der Waals surface area contributed by atoms with Gasteiger partial charge in [-0.1, -0.05) is 19.3 Å². The molecule has 1 aliphatic rings. The van der Waals surface area contributed by atoms with Gasteiger partial charge in [0.25, 0.3) is 5.78 Å². The fraction of sp³-hybridized carbons (Fsp3) is 0.600. The van der Waals surface area contributed by atoms with Gasteiger partial charge in [-0.2, -0.15) is 4.98 Å². The lowest BCUT2D eigenvalue weighted by Crippen LogP contribution is -2.46. The van der Waals surface area contributed by atoms with Crippen LogP contribution in [0, 0.1) is 5.92 Å². The zero-order valence-electron chi connectivity index (χ0n) is 13.0. The zero-order chi connectivity index (χ0) is 15.4. The van der Waals surface area contributed by atoms with Crippen molar-refractivity contribution in [1.29, 1.82) is 0 Å². The number of hydrogen-bond acceptors (Lipinski definition) is 5. The van der Waals surface area contributed by atoms with Crippen molar-refractivity contribution in [3.63, 3.8) is 0 Å². The molecule has 1 atom stereocenters. The van der Waals surface area contributed by atoms with Crippen LogP contribution in [0.1, 0.15) is 37.9 Å². The first-order valence-corrected chi connectivity index (χ1v) is 7.92. The van der Waals surface area contributed by atoms with Gasteiger partial charge < -0.3 is 11.1 Å². The van der Waals surface area contributed by atoms with Gasteiger partial charge in [0.2, 0.25) is 5.91 Å². The molecule has 2 aromatic heterocycles. The van der Waals surface area contributed by atoms with Crippen molar-refractivity contribution in [1.82, 2.24) is 24.9 Å². The number of hydrogen-bond donors (Lipinski definition) is 2. The summed E-state index contributed by atoms with van der Waals surface area (Å²) in [6.07, 6.45) is 9.64. The van der Waals surface area contributed by atoms with Crippen molar-refractivity contribution in [2.24, 2.45) is 11.7 Å². The third kappa shape index (κ3) is 4.39. The molecule has 23 heavy (non-hydrogen) atoms. The molecule has 1 fully saturated rings. The summed E-state index contributed by atoms with van der Waals surface area (Å²) < 4.78 is 1.57. The van der Waals surface area contributed by atoms with Gasteiger partial charge >= 0.3 is 0 Å². The van der Waals surface area contributed by atoms with E-state index in [1.54, 1.807) is 23.0 Å². The quantitative estimate of drug-likeness (QED) is 0.851. The maximum atomic E-state index is 12.2. The van der Waals surface area contributed by atoms with Crippen LogP contribution in [-0.2, 0) is 11.2 Å². The third-order valence-corrected chi connectivity index (χ3v) is 4.30. The molecule has 0 spiro atoms. The number of amides is 1. The van der Waals surface area contributed by atoms with Crippen LogP contribution in [0.5, 0.6) is 0 Å². The Morgan fingerprint density at radius 3 is 2.87 bits per heavy atom. The molecule has 0 aliphatic heterocycles. The van der Waals surface area contributed by atoms with Crippen molar-refractivity contribution in [2.75, 3.05) is 6.54 Å². The Balaban J connectivity index is 0.00000192. The van der Waals surface area contributed by atoms with E-state index in [0.29, 0.717) is 24.1 Å². The van der Waals surface area contributed by atoms with Crippen LogP contribution in [-0.4, -0.2) is 38.1 Å². The van der Waals surface area contributed by atoms with Gasteiger partial charge in [0.15, 0.2) is 5.82 Å². The molecular formula is C15H23ClN6O. The average Bonchev–Trinajstić information content (AvgIpc) is 2.95. The SMILES string of the molecule is Cl.NCC(NC(=O)Cc1nc2ncccn2n1)C1CCCCC1. The van der Waals surface area contributed by atoms with Gasteiger partial charge in [0.1, 0.15) is 0 Å². The smallest absolute Gasteiger partial charge is 0.252 e. The molecule has 2 aromatic rings. The van der Waals surface area contributed by atoms with Crippen molar-refractivity contribution >= 4 is 24.1 Å². The Bertz CT molecular complexity index is 607. The van der Waals surface area contributed by atoms with Gasteiger partial charge in [-0.3, -0.25) is 4.79 Å². The number of nitrogens with one attached hydrogen (secondary N) is 1. The van der Waals surface area contributed by atoms with E-state index in [1.807, 2.05) is 0 Å². The van der Waals surface area contributed by atoms with E-state index < -0.39 is 0 Å². The second kappa shape index (κ2) is 8.21. The Morgan fingerprint density at radius 1 is 1.39 bits per heavy atom. The lowest BCUT2D eigenvalue weighted by Gasteiger charge is -2.30. The molecule has 0 saturated heterocycles. The van der Waals surface area contributed by atoms with Crippen molar-refractivity contribution < 1.29 is 4.79 Å². The van der Waals surface area contributed by atoms with Crippen molar-refractivity contribution in [3.8, 4) is 0 Å². The number of aromatic nitrogens is 4. The first kappa shape index (κ1) is 17.6. The van der Waals surface area contributed by atoms with E-state index in [1.165, 1.54) is 19.3 Å². The highest BCUT2D eigenvalue weighted by Gasteiger charge is 2.24. The third-order valence-electron chi connectivity index (χ3n) is 4.30. The largest absolute Gasteiger partial charge is 0.351 e. The predicted octanol–water partition coefficient (Wildman–Crippen LogP) is 1.11. The monoisotopic (exact) mass is 338 g/mol.